The van der Waals surface area contributed by atoms with Gasteiger partial charge >= 0.3 is 0 Å². The first kappa shape index (κ1) is 22.6. The zero-order valence-corrected chi connectivity index (χ0v) is 19.2. The molecule has 1 atom stereocenters. The van der Waals surface area contributed by atoms with E-state index in [9.17, 15) is 0 Å². The first-order valence-electron chi connectivity index (χ1n) is 12.0. The number of piperidine rings is 1. The van der Waals surface area contributed by atoms with Crippen LogP contribution in [0.2, 0.25) is 0 Å². The molecule has 0 amide bonds. The number of likely N-dealkylation sites (N-methyl/N-ethyl adjacent to an activating group) is 1. The van der Waals surface area contributed by atoms with Crippen molar-refractivity contribution in [1.82, 2.24) is 14.7 Å². The Morgan fingerprint density at radius 2 is 1.76 bits per heavy atom. The van der Waals surface area contributed by atoms with Crippen molar-refractivity contribution >= 4 is 0 Å². The molecule has 0 saturated carbocycles. The average Bonchev–Trinajstić information content (AvgIpc) is 2.94. The van der Waals surface area contributed by atoms with Crippen LogP contribution in [0.4, 0.5) is 0 Å². The summed E-state index contributed by atoms with van der Waals surface area (Å²) < 4.78 is 6.11. The molecule has 0 unspecified atom stereocenters. The lowest BCUT2D eigenvalue weighted by atomic mass is 10.0. The van der Waals surface area contributed by atoms with E-state index in [0.29, 0.717) is 6.04 Å². The fraction of sp³-hybridized carbons (Fsp3) is 0.760. The number of rotatable bonds is 10. The third kappa shape index (κ3) is 7.27. The smallest absolute Gasteiger partial charge is 0.119 e. The summed E-state index contributed by atoms with van der Waals surface area (Å²) in [6.45, 7) is 13.9. The summed E-state index contributed by atoms with van der Waals surface area (Å²) >= 11 is 0. The minimum Gasteiger partial charge on any atom is -0.494 e. The highest BCUT2D eigenvalue weighted by Gasteiger charge is 2.18. The maximum absolute atomic E-state index is 6.11. The third-order valence-electron chi connectivity index (χ3n) is 6.76. The van der Waals surface area contributed by atoms with Gasteiger partial charge in [-0.1, -0.05) is 19.4 Å². The van der Waals surface area contributed by atoms with Gasteiger partial charge in [0.25, 0.3) is 0 Å². The Morgan fingerprint density at radius 1 is 1.00 bits per heavy atom. The van der Waals surface area contributed by atoms with Gasteiger partial charge in [0, 0.05) is 32.2 Å². The number of ether oxygens (including phenoxy) is 1. The lowest BCUT2D eigenvalue weighted by Gasteiger charge is -2.30. The molecule has 1 saturated heterocycles. The van der Waals surface area contributed by atoms with Crippen molar-refractivity contribution in [2.75, 3.05) is 59.5 Å². The summed E-state index contributed by atoms with van der Waals surface area (Å²) in [5.41, 5.74) is 3.01. The summed E-state index contributed by atoms with van der Waals surface area (Å²) in [6.07, 6.45) is 8.82. The Labute approximate surface area is 179 Å². The number of fused-ring (bicyclic) bond motifs is 1. The largest absolute Gasteiger partial charge is 0.494 e. The Hall–Kier alpha value is -1.10. The molecule has 2 aliphatic heterocycles. The van der Waals surface area contributed by atoms with Crippen LogP contribution in [0.1, 0.15) is 57.1 Å². The predicted molar refractivity (Wildman–Crippen MR) is 123 cm³/mol. The molecule has 0 aliphatic carbocycles. The topological polar surface area (TPSA) is 19.0 Å². The van der Waals surface area contributed by atoms with Crippen LogP contribution < -0.4 is 4.74 Å². The molecule has 2 heterocycles. The van der Waals surface area contributed by atoms with Crippen molar-refractivity contribution in [3.8, 4) is 5.75 Å². The molecule has 29 heavy (non-hydrogen) atoms. The molecule has 0 N–H and O–H groups in total. The van der Waals surface area contributed by atoms with Crippen LogP contribution in [0.3, 0.4) is 0 Å². The van der Waals surface area contributed by atoms with Crippen LogP contribution >= 0.6 is 0 Å². The zero-order valence-electron chi connectivity index (χ0n) is 19.2. The van der Waals surface area contributed by atoms with Gasteiger partial charge in [0.1, 0.15) is 5.75 Å². The van der Waals surface area contributed by atoms with Crippen LogP contribution in [0.5, 0.6) is 5.75 Å². The number of hydrogen-bond donors (Lipinski definition) is 0. The van der Waals surface area contributed by atoms with Gasteiger partial charge < -0.3 is 19.4 Å². The second-order valence-corrected chi connectivity index (χ2v) is 9.17. The summed E-state index contributed by atoms with van der Waals surface area (Å²) in [6, 6.07) is 7.43. The van der Waals surface area contributed by atoms with Gasteiger partial charge in [-0.25, -0.2) is 0 Å². The molecule has 1 aromatic carbocycles. The minimum atomic E-state index is 0.620. The van der Waals surface area contributed by atoms with Gasteiger partial charge in [0.2, 0.25) is 0 Å². The normalized spacial score (nSPS) is 19.7. The molecule has 4 heteroatoms. The van der Waals surface area contributed by atoms with Gasteiger partial charge in [0.05, 0.1) is 6.61 Å². The molecule has 0 radical (unpaired) electrons. The molecule has 1 aromatic rings. The Morgan fingerprint density at radius 3 is 2.52 bits per heavy atom. The maximum atomic E-state index is 6.11. The first-order valence-corrected chi connectivity index (χ1v) is 12.0. The summed E-state index contributed by atoms with van der Waals surface area (Å²) in [5.74, 6) is 1.06. The van der Waals surface area contributed by atoms with Crippen LogP contribution in [-0.2, 0) is 12.8 Å². The van der Waals surface area contributed by atoms with Crippen molar-refractivity contribution < 1.29 is 4.74 Å². The van der Waals surface area contributed by atoms with Gasteiger partial charge in [-0.2, -0.15) is 0 Å². The number of hydrogen-bond acceptors (Lipinski definition) is 4. The summed E-state index contributed by atoms with van der Waals surface area (Å²) in [4.78, 5) is 7.74. The fourth-order valence-corrected chi connectivity index (χ4v) is 4.77. The highest BCUT2D eigenvalue weighted by atomic mass is 16.5. The van der Waals surface area contributed by atoms with Gasteiger partial charge in [-0.15, -0.1) is 0 Å². The predicted octanol–water partition coefficient (Wildman–Crippen LogP) is 4.07. The van der Waals surface area contributed by atoms with E-state index in [1.807, 2.05) is 0 Å². The molecular weight excluding hydrogens is 358 g/mol. The molecule has 1 fully saturated rings. The van der Waals surface area contributed by atoms with E-state index in [0.717, 1.165) is 38.2 Å². The number of benzene rings is 1. The second-order valence-electron chi connectivity index (χ2n) is 9.17. The first-order chi connectivity index (χ1) is 14.2. The average molecular weight is 402 g/mol. The van der Waals surface area contributed by atoms with Crippen LogP contribution in [0, 0.1) is 0 Å². The number of nitrogens with zero attached hydrogens (tertiary/aromatic N) is 3. The lowest BCUT2D eigenvalue weighted by molar-refractivity contribution is 0.176. The molecule has 164 valence electrons. The Kier molecular flexibility index (Phi) is 9.29. The Balaban J connectivity index is 1.43. The number of likely N-dealkylation sites (tertiary alicyclic amines) is 1. The molecule has 3 rings (SSSR count). The molecular formula is C25H43N3O. The van der Waals surface area contributed by atoms with E-state index in [4.69, 9.17) is 4.74 Å². The van der Waals surface area contributed by atoms with Gasteiger partial charge in [-0.05, 0) is 95.4 Å². The minimum absolute atomic E-state index is 0.620. The van der Waals surface area contributed by atoms with E-state index >= 15 is 0 Å². The molecule has 0 aromatic heterocycles. The van der Waals surface area contributed by atoms with Crippen LogP contribution in [0.25, 0.3) is 0 Å². The summed E-state index contributed by atoms with van der Waals surface area (Å²) in [5, 5.41) is 0. The zero-order chi connectivity index (χ0) is 20.5. The van der Waals surface area contributed by atoms with Crippen molar-refractivity contribution in [3.05, 3.63) is 29.3 Å². The molecule has 2 aliphatic rings. The second kappa shape index (κ2) is 11.9. The van der Waals surface area contributed by atoms with Crippen molar-refractivity contribution in [1.29, 1.82) is 0 Å². The van der Waals surface area contributed by atoms with Crippen LogP contribution in [0.15, 0.2) is 18.2 Å². The van der Waals surface area contributed by atoms with Gasteiger partial charge in [0.15, 0.2) is 0 Å². The Bertz CT molecular complexity index is 600. The monoisotopic (exact) mass is 401 g/mol. The molecule has 0 spiro atoms. The van der Waals surface area contributed by atoms with E-state index in [1.54, 1.807) is 0 Å². The standard InChI is InChI=1S/C25H43N3O/c1-4-13-26(3)22(2)21-28-17-11-23-9-10-25(20-24(23)12-18-28)29-19-8-16-27-14-6-5-7-15-27/h9-10,20,22H,4-8,11-19,21H2,1-3H3/t22-/m0/s1. The van der Waals surface area contributed by atoms with Crippen LogP contribution in [-0.4, -0.2) is 80.2 Å². The quantitative estimate of drug-likeness (QED) is 0.550. The lowest BCUT2D eigenvalue weighted by Crippen LogP contribution is -2.41. The summed E-state index contributed by atoms with van der Waals surface area (Å²) in [7, 11) is 2.26. The van der Waals surface area contributed by atoms with E-state index in [1.165, 1.54) is 76.1 Å². The fourth-order valence-electron chi connectivity index (χ4n) is 4.77. The highest BCUT2D eigenvalue weighted by molar-refractivity contribution is 5.36. The van der Waals surface area contributed by atoms with E-state index in [-0.39, 0.29) is 0 Å². The van der Waals surface area contributed by atoms with Crippen molar-refractivity contribution in [2.45, 2.75) is 64.8 Å². The SMILES string of the molecule is CCCN(C)[C@@H](C)CN1CCc2ccc(OCCCN3CCCCC3)cc2CC1. The molecule has 4 nitrogen and oxygen atoms in total. The van der Waals surface area contributed by atoms with E-state index < -0.39 is 0 Å². The van der Waals surface area contributed by atoms with Crippen molar-refractivity contribution in [2.24, 2.45) is 0 Å². The maximum Gasteiger partial charge on any atom is 0.119 e. The van der Waals surface area contributed by atoms with E-state index in [2.05, 4.69) is 53.8 Å². The van der Waals surface area contributed by atoms with Gasteiger partial charge in [-0.3, -0.25) is 0 Å². The van der Waals surface area contributed by atoms with Crippen molar-refractivity contribution in [3.63, 3.8) is 0 Å². The third-order valence-corrected chi connectivity index (χ3v) is 6.76. The molecule has 0 bridgehead atoms. The highest BCUT2D eigenvalue weighted by Crippen LogP contribution is 2.22.